The van der Waals surface area contributed by atoms with Crippen molar-refractivity contribution in [2.45, 2.75) is 167 Å². The van der Waals surface area contributed by atoms with Gasteiger partial charge in [-0.1, -0.05) is 109 Å². The first-order chi connectivity index (χ1) is 21.7. The van der Waals surface area contributed by atoms with Crippen LogP contribution in [0.2, 0.25) is 0 Å². The number of hydrogen-bond donors (Lipinski definition) is 4. The van der Waals surface area contributed by atoms with Gasteiger partial charge in [-0.05, 0) is 38.0 Å². The van der Waals surface area contributed by atoms with E-state index >= 15 is 0 Å². The van der Waals surface area contributed by atoms with Gasteiger partial charge in [-0.3, -0.25) is 9.59 Å². The van der Waals surface area contributed by atoms with Gasteiger partial charge in [-0.15, -0.1) is 0 Å². The molecule has 1 heterocycles. The van der Waals surface area contributed by atoms with E-state index in [1.54, 1.807) is 12.2 Å². The highest BCUT2D eigenvalue weighted by Gasteiger charge is 2.35. The summed E-state index contributed by atoms with van der Waals surface area (Å²) >= 11 is 0. The van der Waals surface area contributed by atoms with Gasteiger partial charge in [0.2, 0.25) is 0 Å². The van der Waals surface area contributed by atoms with Crippen molar-refractivity contribution in [1.29, 1.82) is 0 Å². The molecule has 1 aliphatic heterocycles. The molecule has 1 aliphatic rings. The molecule has 0 aromatic rings. The molecule has 262 valence electrons. The van der Waals surface area contributed by atoms with E-state index in [4.69, 9.17) is 14.2 Å². The van der Waals surface area contributed by atoms with E-state index in [1.165, 1.54) is 32.1 Å². The molecule has 0 aliphatic carbocycles. The maximum absolute atomic E-state index is 12.2. The third-order valence-electron chi connectivity index (χ3n) is 8.58. The Labute approximate surface area is 272 Å². The van der Waals surface area contributed by atoms with Crippen molar-refractivity contribution in [3.05, 3.63) is 24.3 Å². The van der Waals surface area contributed by atoms with E-state index in [0.717, 1.165) is 44.4 Å². The van der Waals surface area contributed by atoms with Crippen LogP contribution in [0.3, 0.4) is 0 Å². The summed E-state index contributed by atoms with van der Waals surface area (Å²) in [5, 5.41) is 40.2. The number of allylic oxidation sites excluding steroid dienone is 2. The molecule has 9 heteroatoms. The second-order valence-corrected chi connectivity index (χ2v) is 12.7. The van der Waals surface area contributed by atoms with E-state index in [0.29, 0.717) is 32.1 Å². The highest BCUT2D eigenvalue weighted by atomic mass is 16.6. The molecule has 0 aromatic heterocycles. The molecule has 1 rings (SSSR count). The lowest BCUT2D eigenvalue weighted by Crippen LogP contribution is -2.43. The maximum Gasteiger partial charge on any atom is 0.306 e. The van der Waals surface area contributed by atoms with E-state index < -0.39 is 43.3 Å². The van der Waals surface area contributed by atoms with Crippen LogP contribution >= 0.6 is 0 Å². The van der Waals surface area contributed by atoms with Crippen molar-refractivity contribution in [1.82, 2.24) is 0 Å². The molecule has 0 radical (unpaired) electrons. The van der Waals surface area contributed by atoms with Crippen molar-refractivity contribution in [3.8, 4) is 0 Å². The third-order valence-corrected chi connectivity index (χ3v) is 8.58. The molecular weight excluding hydrogens is 576 g/mol. The molecule has 7 atom stereocenters. The van der Waals surface area contributed by atoms with Crippen LogP contribution in [0.4, 0.5) is 0 Å². The number of aliphatic hydroxyl groups is 4. The van der Waals surface area contributed by atoms with Crippen LogP contribution in [0.15, 0.2) is 24.3 Å². The van der Waals surface area contributed by atoms with Gasteiger partial charge in [0.05, 0.1) is 24.9 Å². The van der Waals surface area contributed by atoms with E-state index in [1.807, 2.05) is 12.2 Å². The summed E-state index contributed by atoms with van der Waals surface area (Å²) in [4.78, 5) is 24.3. The fourth-order valence-electron chi connectivity index (χ4n) is 5.39. The van der Waals surface area contributed by atoms with Crippen molar-refractivity contribution in [2.24, 2.45) is 11.8 Å². The van der Waals surface area contributed by atoms with Gasteiger partial charge in [0.1, 0.15) is 6.61 Å². The van der Waals surface area contributed by atoms with Crippen LogP contribution in [0.25, 0.3) is 0 Å². The first kappa shape index (κ1) is 41.2. The van der Waals surface area contributed by atoms with Crippen molar-refractivity contribution in [2.75, 3.05) is 13.2 Å². The molecule has 0 aromatic carbocycles. The Morgan fingerprint density at radius 2 is 1.60 bits per heavy atom. The quantitative estimate of drug-likeness (QED) is 0.0487. The zero-order valence-corrected chi connectivity index (χ0v) is 28.3. The minimum absolute atomic E-state index is 0.133. The number of hydrogen-bond acceptors (Lipinski definition) is 9. The number of aliphatic hydroxyl groups excluding tert-OH is 4. The average molecular weight is 641 g/mol. The fourth-order valence-corrected chi connectivity index (χ4v) is 5.39. The number of esters is 2. The van der Waals surface area contributed by atoms with Gasteiger partial charge in [-0.2, -0.15) is 0 Å². The molecule has 0 saturated carbocycles. The first-order valence-corrected chi connectivity index (χ1v) is 17.7. The normalized spacial score (nSPS) is 22.5. The van der Waals surface area contributed by atoms with Gasteiger partial charge >= 0.3 is 11.9 Å². The Bertz CT molecular complexity index is 814. The molecule has 4 N–H and O–H groups in total. The fraction of sp³-hybridized carbons (Fsp3) is 0.833. The van der Waals surface area contributed by atoms with Crippen LogP contribution in [-0.4, -0.2) is 76.3 Å². The number of rotatable bonds is 26. The maximum atomic E-state index is 12.2. The highest BCUT2D eigenvalue weighted by molar-refractivity contribution is 5.70. The first-order valence-electron chi connectivity index (χ1n) is 17.7. The molecular formula is C36H64O9. The highest BCUT2D eigenvalue weighted by Crippen LogP contribution is 2.29. The zero-order valence-electron chi connectivity index (χ0n) is 28.3. The average Bonchev–Trinajstić information content (AvgIpc) is 3.01. The Morgan fingerprint density at radius 3 is 2.31 bits per heavy atom. The Kier molecular flexibility index (Phi) is 24.1. The molecule has 0 amide bonds. The summed E-state index contributed by atoms with van der Waals surface area (Å²) in [5.74, 6) is -0.254. The predicted molar refractivity (Wildman–Crippen MR) is 176 cm³/mol. The van der Waals surface area contributed by atoms with E-state index in [9.17, 15) is 30.0 Å². The van der Waals surface area contributed by atoms with Gasteiger partial charge in [-0.25, -0.2) is 0 Å². The van der Waals surface area contributed by atoms with Crippen LogP contribution in [0.5, 0.6) is 0 Å². The van der Waals surface area contributed by atoms with Crippen LogP contribution in [0.1, 0.15) is 136 Å². The van der Waals surface area contributed by atoms with Crippen LogP contribution in [-0.2, 0) is 23.8 Å². The largest absolute Gasteiger partial charge is 0.462 e. The zero-order chi connectivity index (χ0) is 33.3. The third kappa shape index (κ3) is 20.9. The molecule has 0 spiro atoms. The summed E-state index contributed by atoms with van der Waals surface area (Å²) < 4.78 is 16.1. The lowest BCUT2D eigenvalue weighted by atomic mass is 9.87. The Balaban J connectivity index is 2.25. The second kappa shape index (κ2) is 26.3. The standard InChI is InChI=1S/C36H64O9/c1-4-6-13-19-29(38)23-24-33-31(32(39)25-36(42)45-33)20-15-11-12-17-22-35(41)44-30(26-37)27-43-34(40)21-16-10-8-7-9-14-18-28(3)5-2/h11,15,23-24,28-33,36-39,42H,4-10,12-14,16-22,25-27H2,1-3H3/b15-11-,24-23+/t28?,29-,30-,31-,32-,33+,36?/m0/s1. The minimum Gasteiger partial charge on any atom is -0.462 e. The smallest absolute Gasteiger partial charge is 0.306 e. The molecule has 1 fully saturated rings. The minimum atomic E-state index is -1.05. The predicted octanol–water partition coefficient (Wildman–Crippen LogP) is 6.30. The number of carbonyl (C=O) groups excluding carboxylic acids is 2. The van der Waals surface area contributed by atoms with Crippen LogP contribution in [0, 0.1) is 11.8 Å². The lowest BCUT2D eigenvalue weighted by molar-refractivity contribution is -0.199. The van der Waals surface area contributed by atoms with Gasteiger partial charge in [0.15, 0.2) is 12.4 Å². The van der Waals surface area contributed by atoms with Gasteiger partial charge in [0, 0.05) is 25.2 Å². The molecule has 2 unspecified atom stereocenters. The SMILES string of the molecule is CCCCC[C@H](O)/C=C/[C@H]1OC(O)C[C@H](O)[C@@H]1C/C=C\CCCC(=O)O[C@@H](CO)COC(=O)CCCCCCCCC(C)CC. The van der Waals surface area contributed by atoms with Gasteiger partial charge < -0.3 is 34.6 Å². The van der Waals surface area contributed by atoms with Crippen LogP contribution < -0.4 is 0 Å². The topological polar surface area (TPSA) is 143 Å². The molecule has 9 nitrogen and oxygen atoms in total. The monoisotopic (exact) mass is 640 g/mol. The summed E-state index contributed by atoms with van der Waals surface area (Å²) in [5.41, 5.74) is 0. The summed E-state index contributed by atoms with van der Waals surface area (Å²) in [6, 6.07) is 0. The summed E-state index contributed by atoms with van der Waals surface area (Å²) in [7, 11) is 0. The molecule has 0 bridgehead atoms. The Morgan fingerprint density at radius 1 is 0.911 bits per heavy atom. The lowest BCUT2D eigenvalue weighted by Gasteiger charge is -2.36. The number of ether oxygens (including phenoxy) is 3. The number of carbonyl (C=O) groups is 2. The number of unbranched alkanes of at least 4 members (excludes halogenated alkanes) is 8. The van der Waals surface area contributed by atoms with E-state index in [-0.39, 0.29) is 31.3 Å². The second-order valence-electron chi connectivity index (χ2n) is 12.7. The molecule has 1 saturated heterocycles. The van der Waals surface area contributed by atoms with Crippen molar-refractivity contribution >= 4 is 11.9 Å². The summed E-state index contributed by atoms with van der Waals surface area (Å²) in [6.07, 6.45) is 18.7. The van der Waals surface area contributed by atoms with E-state index in [2.05, 4.69) is 20.8 Å². The van der Waals surface area contributed by atoms with Gasteiger partial charge in [0.25, 0.3) is 0 Å². The summed E-state index contributed by atoms with van der Waals surface area (Å²) in [6.45, 7) is 6.07. The Hall–Kier alpha value is -1.78. The van der Waals surface area contributed by atoms with Crippen molar-refractivity contribution in [3.63, 3.8) is 0 Å². The van der Waals surface area contributed by atoms with Crippen molar-refractivity contribution < 1.29 is 44.2 Å². The molecule has 45 heavy (non-hydrogen) atoms.